The molecule has 1 aromatic rings. The van der Waals surface area contributed by atoms with Crippen LogP contribution in [0.25, 0.3) is 0 Å². The van der Waals surface area contributed by atoms with Crippen molar-refractivity contribution in [3.05, 3.63) is 35.9 Å². The van der Waals surface area contributed by atoms with Gasteiger partial charge in [0.2, 0.25) is 0 Å². The molecule has 2 amide bonds. The number of carbonyl (C=O) groups is 1. The maximum atomic E-state index is 11.7. The summed E-state index contributed by atoms with van der Waals surface area (Å²) in [5, 5.41) is 2.72. The largest absolute Gasteiger partial charge is 0.325 e. The van der Waals surface area contributed by atoms with Gasteiger partial charge < -0.3 is 4.90 Å². The number of nitrogens with zero attached hydrogens (tertiary/aromatic N) is 1. The Morgan fingerprint density at radius 1 is 1.25 bits per heavy atom. The fourth-order valence-electron chi connectivity index (χ4n) is 1.35. The first-order chi connectivity index (χ1) is 7.69. The summed E-state index contributed by atoms with van der Waals surface area (Å²) in [5.74, 6) is 0. The van der Waals surface area contributed by atoms with Gasteiger partial charge in [0.1, 0.15) is 4.99 Å². The highest BCUT2D eigenvalue weighted by Crippen LogP contribution is 2.00. The molecule has 16 heavy (non-hydrogen) atoms. The molecule has 0 aliphatic rings. The van der Waals surface area contributed by atoms with Crippen molar-refractivity contribution in [3.8, 4) is 0 Å². The minimum atomic E-state index is -0.140. The number of benzene rings is 1. The molecule has 1 N–H and O–H groups in total. The third-order valence-corrected chi connectivity index (χ3v) is 2.64. The molecule has 4 heteroatoms. The number of nitrogens with one attached hydrogen (secondary N) is 1. The van der Waals surface area contributed by atoms with Crippen LogP contribution in [0.15, 0.2) is 30.3 Å². The van der Waals surface area contributed by atoms with Gasteiger partial charge in [0.15, 0.2) is 0 Å². The third-order valence-electron chi connectivity index (χ3n) is 2.31. The zero-order chi connectivity index (χ0) is 12.0. The molecule has 0 aromatic heterocycles. The Labute approximate surface area is 101 Å². The Bertz CT molecular complexity index is 361. The number of rotatable bonds is 3. The van der Waals surface area contributed by atoms with E-state index in [-0.39, 0.29) is 6.03 Å². The van der Waals surface area contributed by atoms with Crippen LogP contribution in [-0.2, 0) is 0 Å². The van der Waals surface area contributed by atoms with E-state index < -0.39 is 0 Å². The van der Waals surface area contributed by atoms with Gasteiger partial charge in [-0.15, -0.1) is 0 Å². The summed E-state index contributed by atoms with van der Waals surface area (Å²) in [6.45, 7) is 5.24. The van der Waals surface area contributed by atoms with Crippen molar-refractivity contribution in [1.82, 2.24) is 10.2 Å². The summed E-state index contributed by atoms with van der Waals surface area (Å²) in [5.41, 5.74) is 0.859. The second kappa shape index (κ2) is 6.23. The number of hydrogen-bond donors (Lipinski definition) is 1. The van der Waals surface area contributed by atoms with E-state index in [2.05, 4.69) is 5.32 Å². The summed E-state index contributed by atoms with van der Waals surface area (Å²) >= 11 is 5.15. The van der Waals surface area contributed by atoms with Crippen LogP contribution in [0.3, 0.4) is 0 Å². The molecule has 1 aromatic carbocycles. The Morgan fingerprint density at radius 2 is 1.81 bits per heavy atom. The zero-order valence-electron chi connectivity index (χ0n) is 9.56. The molecule has 0 heterocycles. The van der Waals surface area contributed by atoms with Crippen molar-refractivity contribution in [2.75, 3.05) is 13.1 Å². The summed E-state index contributed by atoms with van der Waals surface area (Å²) in [6, 6.07) is 9.32. The molecule has 0 radical (unpaired) electrons. The summed E-state index contributed by atoms with van der Waals surface area (Å²) in [4.78, 5) is 13.9. The van der Waals surface area contributed by atoms with Gasteiger partial charge in [-0.2, -0.15) is 0 Å². The Morgan fingerprint density at radius 3 is 2.31 bits per heavy atom. The third kappa shape index (κ3) is 3.31. The number of thiocarbonyl (C=S) groups is 1. The molecule has 1 rings (SSSR count). The zero-order valence-corrected chi connectivity index (χ0v) is 10.4. The standard InChI is InChI=1S/C12H16N2OS/c1-3-14(4-2)12(15)13-11(16)10-8-6-5-7-9-10/h5-9H,3-4H2,1-2H3,(H,13,15,16). The maximum Gasteiger partial charge on any atom is 0.322 e. The Hall–Kier alpha value is -1.42. The number of carbonyl (C=O) groups excluding carboxylic acids is 1. The topological polar surface area (TPSA) is 32.3 Å². The molecule has 0 atom stereocenters. The first-order valence-corrected chi connectivity index (χ1v) is 5.75. The van der Waals surface area contributed by atoms with Gasteiger partial charge in [0.05, 0.1) is 0 Å². The second-order valence-electron chi connectivity index (χ2n) is 3.30. The molecule has 0 aliphatic carbocycles. The maximum absolute atomic E-state index is 11.7. The lowest BCUT2D eigenvalue weighted by Crippen LogP contribution is -2.42. The van der Waals surface area contributed by atoms with Crippen molar-refractivity contribution in [3.63, 3.8) is 0 Å². The van der Waals surface area contributed by atoms with Crippen LogP contribution >= 0.6 is 12.2 Å². The van der Waals surface area contributed by atoms with Gasteiger partial charge >= 0.3 is 6.03 Å². The van der Waals surface area contributed by atoms with Crippen LogP contribution in [0, 0.1) is 0 Å². The summed E-state index contributed by atoms with van der Waals surface area (Å²) < 4.78 is 0. The monoisotopic (exact) mass is 236 g/mol. The number of hydrogen-bond acceptors (Lipinski definition) is 2. The average molecular weight is 236 g/mol. The highest BCUT2D eigenvalue weighted by atomic mass is 32.1. The van der Waals surface area contributed by atoms with E-state index in [9.17, 15) is 4.79 Å². The van der Waals surface area contributed by atoms with Crippen molar-refractivity contribution in [2.24, 2.45) is 0 Å². The average Bonchev–Trinajstić information content (AvgIpc) is 2.31. The minimum Gasteiger partial charge on any atom is -0.325 e. The molecule has 86 valence electrons. The summed E-state index contributed by atoms with van der Waals surface area (Å²) in [6.07, 6.45) is 0. The highest BCUT2D eigenvalue weighted by molar-refractivity contribution is 7.80. The van der Waals surface area contributed by atoms with Crippen molar-refractivity contribution >= 4 is 23.2 Å². The quantitative estimate of drug-likeness (QED) is 0.817. The van der Waals surface area contributed by atoms with Crippen molar-refractivity contribution in [2.45, 2.75) is 13.8 Å². The lowest BCUT2D eigenvalue weighted by molar-refractivity contribution is 0.208. The smallest absolute Gasteiger partial charge is 0.322 e. The van der Waals surface area contributed by atoms with Gasteiger partial charge in [-0.05, 0) is 13.8 Å². The molecular formula is C12H16N2OS. The minimum absolute atomic E-state index is 0.140. The lowest BCUT2D eigenvalue weighted by Gasteiger charge is -2.19. The molecule has 0 spiro atoms. The van der Waals surface area contributed by atoms with Crippen LogP contribution in [0.1, 0.15) is 19.4 Å². The van der Waals surface area contributed by atoms with Crippen LogP contribution in [0.4, 0.5) is 4.79 Å². The van der Waals surface area contributed by atoms with Crippen LogP contribution < -0.4 is 5.32 Å². The van der Waals surface area contributed by atoms with Crippen LogP contribution in [-0.4, -0.2) is 29.0 Å². The first-order valence-electron chi connectivity index (χ1n) is 5.34. The van der Waals surface area contributed by atoms with E-state index >= 15 is 0 Å². The van der Waals surface area contributed by atoms with E-state index in [0.29, 0.717) is 18.1 Å². The summed E-state index contributed by atoms with van der Waals surface area (Å²) in [7, 11) is 0. The van der Waals surface area contributed by atoms with Crippen molar-refractivity contribution in [1.29, 1.82) is 0 Å². The van der Waals surface area contributed by atoms with E-state index in [1.54, 1.807) is 4.90 Å². The van der Waals surface area contributed by atoms with E-state index in [1.165, 1.54) is 0 Å². The predicted molar refractivity (Wildman–Crippen MR) is 69.6 cm³/mol. The predicted octanol–water partition coefficient (Wildman–Crippen LogP) is 2.41. The fraction of sp³-hybridized carbons (Fsp3) is 0.333. The number of urea groups is 1. The van der Waals surface area contributed by atoms with Gasteiger partial charge in [-0.1, -0.05) is 42.5 Å². The van der Waals surface area contributed by atoms with Crippen LogP contribution in [0.5, 0.6) is 0 Å². The fourth-order valence-corrected chi connectivity index (χ4v) is 1.57. The number of amides is 2. The van der Waals surface area contributed by atoms with E-state index in [4.69, 9.17) is 12.2 Å². The molecule has 0 bridgehead atoms. The van der Waals surface area contributed by atoms with E-state index in [0.717, 1.165) is 5.56 Å². The Balaban J connectivity index is 2.62. The Kier molecular flexibility index (Phi) is 4.92. The molecule has 0 unspecified atom stereocenters. The second-order valence-corrected chi connectivity index (χ2v) is 3.71. The van der Waals surface area contributed by atoms with E-state index in [1.807, 2.05) is 44.2 Å². The molecule has 0 aliphatic heterocycles. The van der Waals surface area contributed by atoms with Gasteiger partial charge in [-0.25, -0.2) is 4.79 Å². The molecule has 0 fully saturated rings. The first kappa shape index (κ1) is 12.6. The van der Waals surface area contributed by atoms with Gasteiger partial charge in [-0.3, -0.25) is 5.32 Å². The van der Waals surface area contributed by atoms with Crippen LogP contribution in [0.2, 0.25) is 0 Å². The normalized spacial score (nSPS) is 9.62. The highest BCUT2D eigenvalue weighted by Gasteiger charge is 2.11. The van der Waals surface area contributed by atoms with Crippen molar-refractivity contribution < 1.29 is 4.79 Å². The van der Waals surface area contributed by atoms with Gasteiger partial charge in [0.25, 0.3) is 0 Å². The molecule has 0 saturated carbocycles. The lowest BCUT2D eigenvalue weighted by atomic mass is 10.2. The molecule has 3 nitrogen and oxygen atoms in total. The SMILES string of the molecule is CCN(CC)C(=O)NC(=S)c1ccccc1. The molecule has 0 saturated heterocycles. The van der Waals surface area contributed by atoms with Gasteiger partial charge in [0, 0.05) is 18.7 Å². The molecular weight excluding hydrogens is 220 g/mol.